The largest absolute Gasteiger partial charge is 0.396 e. The van der Waals surface area contributed by atoms with Crippen LogP contribution in [0.15, 0.2) is 30.3 Å². The number of anilines is 3. The summed E-state index contributed by atoms with van der Waals surface area (Å²) in [5.74, 6) is 3.42. The van der Waals surface area contributed by atoms with E-state index in [0.717, 1.165) is 60.1 Å². The van der Waals surface area contributed by atoms with Crippen molar-refractivity contribution in [2.75, 3.05) is 29.9 Å². The number of aromatic nitrogens is 4. The second-order valence-corrected chi connectivity index (χ2v) is 7.61. The Morgan fingerprint density at radius 3 is 2.70 bits per heavy atom. The van der Waals surface area contributed by atoms with E-state index in [4.69, 9.17) is 9.97 Å². The summed E-state index contributed by atoms with van der Waals surface area (Å²) in [5.41, 5.74) is 2.05. The van der Waals surface area contributed by atoms with E-state index in [-0.39, 0.29) is 6.61 Å². The molecule has 3 aromatic rings. The zero-order valence-electron chi connectivity index (χ0n) is 15.2. The molecule has 0 atom stereocenters. The first kappa shape index (κ1) is 16.5. The van der Waals surface area contributed by atoms with Gasteiger partial charge in [-0.3, -0.25) is 5.10 Å². The molecule has 0 radical (unpaired) electrons. The van der Waals surface area contributed by atoms with Crippen molar-refractivity contribution >= 4 is 28.5 Å². The number of hydrogen-bond donors (Lipinski definition) is 3. The van der Waals surface area contributed by atoms with Crippen LogP contribution >= 0.6 is 0 Å². The van der Waals surface area contributed by atoms with Gasteiger partial charge in [0.1, 0.15) is 11.6 Å². The Bertz CT molecular complexity index is 943. The Morgan fingerprint density at radius 1 is 1.11 bits per heavy atom. The van der Waals surface area contributed by atoms with Gasteiger partial charge in [0.05, 0.1) is 11.2 Å². The zero-order valence-corrected chi connectivity index (χ0v) is 15.2. The summed E-state index contributed by atoms with van der Waals surface area (Å²) in [7, 11) is 0. The van der Waals surface area contributed by atoms with E-state index in [1.165, 1.54) is 12.8 Å². The Labute approximate surface area is 157 Å². The first-order chi connectivity index (χ1) is 13.3. The van der Waals surface area contributed by atoms with Crippen LogP contribution in [0, 0.1) is 5.92 Å². The molecule has 1 aliphatic carbocycles. The number of rotatable bonds is 5. The molecular weight excluding hydrogens is 340 g/mol. The van der Waals surface area contributed by atoms with E-state index >= 15 is 0 Å². The van der Waals surface area contributed by atoms with Gasteiger partial charge < -0.3 is 15.3 Å². The number of nitrogens with one attached hydrogen (secondary N) is 2. The highest BCUT2D eigenvalue weighted by atomic mass is 16.3. The Morgan fingerprint density at radius 2 is 1.93 bits per heavy atom. The molecular formula is C20H24N6O. The van der Waals surface area contributed by atoms with Crippen molar-refractivity contribution in [3.8, 4) is 0 Å². The summed E-state index contributed by atoms with van der Waals surface area (Å²) in [5, 5.41) is 21.3. The molecule has 0 unspecified atom stereocenters. The molecule has 0 amide bonds. The molecule has 2 aromatic heterocycles. The standard InChI is InChI=1S/C20H24N6O/c27-12-13-7-9-26(10-8-13)20-21-16-4-2-1-3-15(16)19(23-20)22-18-11-17(24-25-18)14-5-6-14/h1-4,11,13-14,27H,5-10,12H2,(H2,21,22,23,24,25). The molecule has 7 nitrogen and oxygen atoms in total. The maximum atomic E-state index is 9.37. The van der Waals surface area contributed by atoms with Gasteiger partial charge in [-0.2, -0.15) is 10.1 Å². The molecule has 1 aliphatic heterocycles. The monoisotopic (exact) mass is 364 g/mol. The normalized spacial score (nSPS) is 18.2. The third kappa shape index (κ3) is 3.35. The average Bonchev–Trinajstić information content (AvgIpc) is 3.47. The van der Waals surface area contributed by atoms with Crippen LogP contribution in [0.2, 0.25) is 0 Å². The van der Waals surface area contributed by atoms with Crippen molar-refractivity contribution in [1.29, 1.82) is 0 Å². The van der Waals surface area contributed by atoms with Crippen LogP contribution in [0.4, 0.5) is 17.6 Å². The smallest absolute Gasteiger partial charge is 0.227 e. The average molecular weight is 364 g/mol. The highest BCUT2D eigenvalue weighted by molar-refractivity contribution is 5.91. The summed E-state index contributed by atoms with van der Waals surface area (Å²) >= 11 is 0. The first-order valence-electron chi connectivity index (χ1n) is 9.75. The Hall–Kier alpha value is -2.67. The number of benzene rings is 1. The molecule has 1 saturated carbocycles. The van der Waals surface area contributed by atoms with Crippen molar-refractivity contribution in [3.63, 3.8) is 0 Å². The lowest BCUT2D eigenvalue weighted by molar-refractivity contribution is 0.202. The predicted molar refractivity (Wildman–Crippen MR) is 105 cm³/mol. The number of fused-ring (bicyclic) bond motifs is 1. The SMILES string of the molecule is OCC1CCN(c2nc(Nc3cc(C4CC4)n[nH]3)c3ccccc3n2)CC1. The van der Waals surface area contributed by atoms with E-state index < -0.39 is 0 Å². The first-order valence-corrected chi connectivity index (χ1v) is 9.75. The minimum atomic E-state index is 0.266. The van der Waals surface area contributed by atoms with Gasteiger partial charge in [0.15, 0.2) is 0 Å². The molecule has 27 heavy (non-hydrogen) atoms. The van der Waals surface area contributed by atoms with Crippen molar-refractivity contribution in [2.45, 2.75) is 31.6 Å². The lowest BCUT2D eigenvalue weighted by Gasteiger charge is -2.31. The quantitative estimate of drug-likeness (QED) is 0.644. The van der Waals surface area contributed by atoms with Crippen molar-refractivity contribution < 1.29 is 5.11 Å². The summed E-state index contributed by atoms with van der Waals surface area (Å²) in [6, 6.07) is 10.2. The summed E-state index contributed by atoms with van der Waals surface area (Å²) in [6.07, 6.45) is 4.41. The van der Waals surface area contributed by atoms with E-state index in [9.17, 15) is 5.11 Å². The molecule has 3 N–H and O–H groups in total. The van der Waals surface area contributed by atoms with Gasteiger partial charge in [-0.15, -0.1) is 0 Å². The maximum Gasteiger partial charge on any atom is 0.227 e. The van der Waals surface area contributed by atoms with Crippen LogP contribution in [0.3, 0.4) is 0 Å². The van der Waals surface area contributed by atoms with Crippen molar-refractivity contribution in [3.05, 3.63) is 36.0 Å². The highest BCUT2D eigenvalue weighted by Crippen LogP contribution is 2.40. The highest BCUT2D eigenvalue weighted by Gasteiger charge is 2.26. The lowest BCUT2D eigenvalue weighted by Crippen LogP contribution is -2.36. The molecule has 7 heteroatoms. The molecule has 0 spiro atoms. The second-order valence-electron chi connectivity index (χ2n) is 7.61. The van der Waals surface area contributed by atoms with E-state index in [0.29, 0.717) is 11.8 Å². The van der Waals surface area contributed by atoms with Crippen LogP contribution in [0.25, 0.3) is 10.9 Å². The topological polar surface area (TPSA) is 90.0 Å². The molecule has 2 aliphatic rings. The second kappa shape index (κ2) is 6.81. The molecule has 1 saturated heterocycles. The molecule has 140 valence electrons. The number of hydrogen-bond acceptors (Lipinski definition) is 6. The number of nitrogens with zero attached hydrogens (tertiary/aromatic N) is 4. The fraction of sp³-hybridized carbons (Fsp3) is 0.450. The minimum Gasteiger partial charge on any atom is -0.396 e. The summed E-state index contributed by atoms with van der Waals surface area (Å²) < 4.78 is 0. The zero-order chi connectivity index (χ0) is 18.2. The van der Waals surface area contributed by atoms with Gasteiger partial charge in [-0.05, 0) is 43.7 Å². The molecule has 5 rings (SSSR count). The van der Waals surface area contributed by atoms with Crippen LogP contribution in [-0.4, -0.2) is 45.0 Å². The molecule has 1 aromatic carbocycles. The van der Waals surface area contributed by atoms with Crippen molar-refractivity contribution in [2.24, 2.45) is 5.92 Å². The number of H-pyrrole nitrogens is 1. The number of aliphatic hydroxyl groups excluding tert-OH is 1. The number of piperidine rings is 1. The predicted octanol–water partition coefficient (Wildman–Crippen LogP) is 3.18. The van der Waals surface area contributed by atoms with Crippen LogP contribution in [-0.2, 0) is 0 Å². The third-order valence-electron chi connectivity index (χ3n) is 5.59. The van der Waals surface area contributed by atoms with Gasteiger partial charge >= 0.3 is 0 Å². The summed E-state index contributed by atoms with van der Waals surface area (Å²) in [4.78, 5) is 11.8. The minimum absolute atomic E-state index is 0.266. The number of aromatic amines is 1. The van der Waals surface area contributed by atoms with Gasteiger partial charge in [0.25, 0.3) is 0 Å². The fourth-order valence-corrected chi connectivity index (χ4v) is 3.73. The Kier molecular flexibility index (Phi) is 4.16. The fourth-order valence-electron chi connectivity index (χ4n) is 3.73. The van der Waals surface area contributed by atoms with Crippen LogP contribution in [0.5, 0.6) is 0 Å². The summed E-state index contributed by atoms with van der Waals surface area (Å²) in [6.45, 7) is 2.01. The lowest BCUT2D eigenvalue weighted by atomic mass is 9.98. The van der Waals surface area contributed by atoms with Gasteiger partial charge in [0.2, 0.25) is 5.95 Å². The van der Waals surface area contributed by atoms with Crippen LogP contribution in [0.1, 0.15) is 37.3 Å². The number of aliphatic hydroxyl groups is 1. The Balaban J connectivity index is 1.46. The molecule has 3 heterocycles. The van der Waals surface area contributed by atoms with Gasteiger partial charge in [0, 0.05) is 37.1 Å². The molecule has 2 fully saturated rings. The number of para-hydroxylation sites is 1. The van der Waals surface area contributed by atoms with Gasteiger partial charge in [-0.1, -0.05) is 12.1 Å². The van der Waals surface area contributed by atoms with Gasteiger partial charge in [-0.25, -0.2) is 4.98 Å². The van der Waals surface area contributed by atoms with Crippen LogP contribution < -0.4 is 10.2 Å². The van der Waals surface area contributed by atoms with E-state index in [1.54, 1.807) is 0 Å². The molecule has 0 bridgehead atoms. The van der Waals surface area contributed by atoms with E-state index in [2.05, 4.69) is 26.5 Å². The maximum absolute atomic E-state index is 9.37. The van der Waals surface area contributed by atoms with Crippen molar-refractivity contribution in [1.82, 2.24) is 20.2 Å². The third-order valence-corrected chi connectivity index (χ3v) is 5.59. The van der Waals surface area contributed by atoms with E-state index in [1.807, 2.05) is 24.3 Å².